The van der Waals surface area contributed by atoms with Crippen molar-refractivity contribution in [1.82, 2.24) is 5.32 Å². The summed E-state index contributed by atoms with van der Waals surface area (Å²) < 4.78 is 5.20. The van der Waals surface area contributed by atoms with Crippen molar-refractivity contribution in [3.63, 3.8) is 0 Å². The van der Waals surface area contributed by atoms with Crippen molar-refractivity contribution in [2.24, 2.45) is 0 Å². The summed E-state index contributed by atoms with van der Waals surface area (Å²) in [7, 11) is 1.68. The van der Waals surface area contributed by atoms with Crippen LogP contribution >= 0.6 is 0 Å². The maximum absolute atomic E-state index is 9.07. The zero-order chi connectivity index (χ0) is 12.7. The number of benzene rings is 1. The Hall–Kier alpha value is -0.900. The van der Waals surface area contributed by atoms with Gasteiger partial charge in [0, 0.05) is 25.8 Å². The molecule has 0 aromatic heterocycles. The molecule has 0 bridgehead atoms. The van der Waals surface area contributed by atoms with E-state index in [0.717, 1.165) is 6.54 Å². The Balaban J connectivity index is 2.57. The van der Waals surface area contributed by atoms with Gasteiger partial charge in [-0.3, -0.25) is 0 Å². The van der Waals surface area contributed by atoms with E-state index in [1.165, 1.54) is 11.1 Å². The number of aliphatic hydroxyl groups excluding tert-OH is 1. The average molecular weight is 237 g/mol. The molecular weight excluding hydrogens is 214 g/mol. The SMILES string of the molecule is COCC(C)(CCO)NCc1cccc(C)c1. The molecule has 0 amide bonds. The molecule has 1 aromatic carbocycles. The highest BCUT2D eigenvalue weighted by Crippen LogP contribution is 2.12. The van der Waals surface area contributed by atoms with Gasteiger partial charge < -0.3 is 15.2 Å². The molecule has 0 saturated carbocycles. The summed E-state index contributed by atoms with van der Waals surface area (Å²) in [5, 5.41) is 12.5. The van der Waals surface area contributed by atoms with Crippen molar-refractivity contribution >= 4 is 0 Å². The zero-order valence-electron chi connectivity index (χ0n) is 11.0. The molecule has 96 valence electrons. The van der Waals surface area contributed by atoms with E-state index in [9.17, 15) is 0 Å². The number of hydrogen-bond acceptors (Lipinski definition) is 3. The van der Waals surface area contributed by atoms with E-state index in [1.807, 2.05) is 0 Å². The summed E-state index contributed by atoms with van der Waals surface area (Å²) in [6, 6.07) is 8.42. The molecule has 0 radical (unpaired) electrons. The third kappa shape index (κ3) is 4.86. The highest BCUT2D eigenvalue weighted by atomic mass is 16.5. The first-order valence-electron chi connectivity index (χ1n) is 6.00. The Bertz CT molecular complexity index is 333. The van der Waals surface area contributed by atoms with Crippen molar-refractivity contribution in [1.29, 1.82) is 0 Å². The van der Waals surface area contributed by atoms with Crippen molar-refractivity contribution in [2.75, 3.05) is 20.3 Å². The van der Waals surface area contributed by atoms with Gasteiger partial charge in [0.25, 0.3) is 0 Å². The molecule has 1 aromatic rings. The Morgan fingerprint density at radius 1 is 1.41 bits per heavy atom. The summed E-state index contributed by atoms with van der Waals surface area (Å²) in [6.45, 7) is 5.72. The lowest BCUT2D eigenvalue weighted by Gasteiger charge is -2.29. The van der Waals surface area contributed by atoms with E-state index in [-0.39, 0.29) is 12.1 Å². The molecule has 0 aliphatic heterocycles. The second-order valence-electron chi connectivity index (χ2n) is 4.81. The van der Waals surface area contributed by atoms with Crippen LogP contribution in [0.25, 0.3) is 0 Å². The van der Waals surface area contributed by atoms with Gasteiger partial charge in [-0.1, -0.05) is 29.8 Å². The molecule has 1 unspecified atom stereocenters. The van der Waals surface area contributed by atoms with Gasteiger partial charge in [0.1, 0.15) is 0 Å². The summed E-state index contributed by atoms with van der Waals surface area (Å²) in [4.78, 5) is 0. The molecule has 0 spiro atoms. The Kier molecular flexibility index (Phi) is 5.62. The van der Waals surface area contributed by atoms with Crippen LogP contribution < -0.4 is 5.32 Å². The fourth-order valence-corrected chi connectivity index (χ4v) is 1.91. The molecule has 0 heterocycles. The molecule has 1 rings (SSSR count). The number of ether oxygens (including phenoxy) is 1. The molecule has 3 nitrogen and oxygen atoms in total. The maximum Gasteiger partial charge on any atom is 0.0642 e. The minimum Gasteiger partial charge on any atom is -0.396 e. The van der Waals surface area contributed by atoms with Crippen LogP contribution in [0.5, 0.6) is 0 Å². The second-order valence-corrected chi connectivity index (χ2v) is 4.81. The van der Waals surface area contributed by atoms with Gasteiger partial charge in [0.2, 0.25) is 0 Å². The first kappa shape index (κ1) is 14.2. The summed E-state index contributed by atoms with van der Waals surface area (Å²) in [6.07, 6.45) is 0.687. The molecule has 1 atom stereocenters. The van der Waals surface area contributed by atoms with Gasteiger partial charge >= 0.3 is 0 Å². The quantitative estimate of drug-likeness (QED) is 0.760. The van der Waals surface area contributed by atoms with Gasteiger partial charge in [-0.2, -0.15) is 0 Å². The van der Waals surface area contributed by atoms with Gasteiger partial charge in [-0.05, 0) is 25.8 Å². The van der Waals surface area contributed by atoms with E-state index in [2.05, 4.69) is 43.4 Å². The first-order valence-corrected chi connectivity index (χ1v) is 6.00. The molecular formula is C14H23NO2. The van der Waals surface area contributed by atoms with Crippen LogP contribution in [-0.4, -0.2) is 31.0 Å². The molecule has 0 fully saturated rings. The Morgan fingerprint density at radius 2 is 2.18 bits per heavy atom. The van der Waals surface area contributed by atoms with Crippen LogP contribution in [0.2, 0.25) is 0 Å². The van der Waals surface area contributed by atoms with Crippen LogP contribution in [0.3, 0.4) is 0 Å². The average Bonchev–Trinajstić information content (AvgIpc) is 2.27. The highest BCUT2D eigenvalue weighted by Gasteiger charge is 2.22. The van der Waals surface area contributed by atoms with Gasteiger partial charge in [-0.15, -0.1) is 0 Å². The van der Waals surface area contributed by atoms with Crippen molar-refractivity contribution < 1.29 is 9.84 Å². The van der Waals surface area contributed by atoms with E-state index >= 15 is 0 Å². The lowest BCUT2D eigenvalue weighted by molar-refractivity contribution is 0.0969. The van der Waals surface area contributed by atoms with Crippen LogP contribution in [0, 0.1) is 6.92 Å². The van der Waals surface area contributed by atoms with E-state index in [4.69, 9.17) is 9.84 Å². The monoisotopic (exact) mass is 237 g/mol. The van der Waals surface area contributed by atoms with Crippen LogP contribution in [0.15, 0.2) is 24.3 Å². The largest absolute Gasteiger partial charge is 0.396 e. The number of aliphatic hydroxyl groups is 1. The number of hydrogen-bond donors (Lipinski definition) is 2. The number of methoxy groups -OCH3 is 1. The third-order valence-corrected chi connectivity index (χ3v) is 2.93. The molecule has 0 aliphatic rings. The van der Waals surface area contributed by atoms with Crippen LogP contribution in [0.1, 0.15) is 24.5 Å². The lowest BCUT2D eigenvalue weighted by Crippen LogP contribution is -2.46. The van der Waals surface area contributed by atoms with E-state index < -0.39 is 0 Å². The summed E-state index contributed by atoms with van der Waals surface area (Å²) >= 11 is 0. The predicted molar refractivity (Wildman–Crippen MR) is 70.0 cm³/mol. The normalized spacial score (nSPS) is 14.6. The fourth-order valence-electron chi connectivity index (χ4n) is 1.91. The third-order valence-electron chi connectivity index (χ3n) is 2.93. The smallest absolute Gasteiger partial charge is 0.0642 e. The summed E-state index contributed by atoms with van der Waals surface area (Å²) in [5.41, 5.74) is 2.35. The van der Waals surface area contributed by atoms with Crippen molar-refractivity contribution in [2.45, 2.75) is 32.4 Å². The van der Waals surface area contributed by atoms with Gasteiger partial charge in [0.15, 0.2) is 0 Å². The fraction of sp³-hybridized carbons (Fsp3) is 0.571. The highest BCUT2D eigenvalue weighted by molar-refractivity contribution is 5.22. The van der Waals surface area contributed by atoms with Crippen LogP contribution in [-0.2, 0) is 11.3 Å². The van der Waals surface area contributed by atoms with Crippen molar-refractivity contribution in [3.8, 4) is 0 Å². The molecule has 0 aliphatic carbocycles. The predicted octanol–water partition coefficient (Wildman–Crippen LogP) is 1.87. The first-order chi connectivity index (χ1) is 8.09. The van der Waals surface area contributed by atoms with Gasteiger partial charge in [-0.25, -0.2) is 0 Å². The molecule has 3 heteroatoms. The molecule has 0 saturated heterocycles. The number of nitrogens with one attached hydrogen (secondary N) is 1. The Morgan fingerprint density at radius 3 is 2.76 bits per heavy atom. The minimum absolute atomic E-state index is 0.167. The standard InChI is InChI=1S/C14H23NO2/c1-12-5-4-6-13(9-12)10-15-14(2,7-8-16)11-17-3/h4-6,9,15-16H,7-8,10-11H2,1-3H3. The minimum atomic E-state index is -0.173. The van der Waals surface area contributed by atoms with E-state index in [1.54, 1.807) is 7.11 Å². The number of rotatable bonds is 7. The van der Waals surface area contributed by atoms with Gasteiger partial charge in [0.05, 0.1) is 6.61 Å². The Labute approximate surface area is 104 Å². The van der Waals surface area contributed by atoms with Crippen molar-refractivity contribution in [3.05, 3.63) is 35.4 Å². The number of aryl methyl sites for hydroxylation is 1. The zero-order valence-corrected chi connectivity index (χ0v) is 11.0. The molecule has 17 heavy (non-hydrogen) atoms. The molecule has 2 N–H and O–H groups in total. The van der Waals surface area contributed by atoms with E-state index in [0.29, 0.717) is 13.0 Å². The maximum atomic E-state index is 9.07. The lowest BCUT2D eigenvalue weighted by atomic mass is 9.99. The second kappa shape index (κ2) is 6.74. The topological polar surface area (TPSA) is 41.5 Å². The summed E-state index contributed by atoms with van der Waals surface area (Å²) in [5.74, 6) is 0. The van der Waals surface area contributed by atoms with Crippen LogP contribution in [0.4, 0.5) is 0 Å².